The molecule has 0 saturated carbocycles. The van der Waals surface area contributed by atoms with Crippen molar-refractivity contribution in [3.05, 3.63) is 39.6 Å². The highest BCUT2D eigenvalue weighted by Crippen LogP contribution is 2.33. The fraction of sp³-hybridized carbons (Fsp3) is 0.438. The molecule has 0 saturated heterocycles. The second-order valence-electron chi connectivity index (χ2n) is 5.28. The molecule has 114 valence electrons. The predicted molar refractivity (Wildman–Crippen MR) is 88.6 cm³/mol. The lowest BCUT2D eigenvalue weighted by molar-refractivity contribution is 0.631. The van der Waals surface area contributed by atoms with Crippen LogP contribution in [0.1, 0.15) is 43.7 Å². The van der Waals surface area contributed by atoms with Crippen LogP contribution in [0.25, 0.3) is 10.6 Å². The molecule has 0 radical (unpaired) electrons. The minimum Gasteiger partial charge on any atom is -0.312 e. The van der Waals surface area contributed by atoms with E-state index in [9.17, 15) is 4.39 Å². The van der Waals surface area contributed by atoms with Crippen LogP contribution in [0.2, 0.25) is 5.02 Å². The van der Waals surface area contributed by atoms with Crippen LogP contribution in [-0.4, -0.2) is 11.5 Å². The molecule has 0 spiro atoms. The Morgan fingerprint density at radius 3 is 2.76 bits per heavy atom. The Morgan fingerprint density at radius 1 is 1.38 bits per heavy atom. The molecule has 0 aliphatic rings. The number of nitrogens with zero attached hydrogens (tertiary/aromatic N) is 1. The van der Waals surface area contributed by atoms with Gasteiger partial charge < -0.3 is 5.32 Å². The maximum absolute atomic E-state index is 14.1. The Balaban J connectivity index is 2.34. The van der Waals surface area contributed by atoms with Crippen LogP contribution in [0.5, 0.6) is 0 Å². The second-order valence-corrected chi connectivity index (χ2v) is 6.80. The van der Waals surface area contributed by atoms with Crippen molar-refractivity contribution in [2.75, 3.05) is 6.54 Å². The van der Waals surface area contributed by atoms with Crippen molar-refractivity contribution in [2.45, 2.75) is 39.7 Å². The topological polar surface area (TPSA) is 24.9 Å². The van der Waals surface area contributed by atoms with Crippen molar-refractivity contribution in [3.63, 3.8) is 0 Å². The summed E-state index contributed by atoms with van der Waals surface area (Å²) in [5, 5.41) is 4.52. The maximum Gasteiger partial charge on any atom is 0.134 e. The molecule has 0 aliphatic carbocycles. The molecule has 21 heavy (non-hydrogen) atoms. The van der Waals surface area contributed by atoms with Gasteiger partial charge in [-0.2, -0.15) is 0 Å². The lowest BCUT2D eigenvalue weighted by Crippen LogP contribution is -2.14. The fourth-order valence-electron chi connectivity index (χ4n) is 2.10. The summed E-state index contributed by atoms with van der Waals surface area (Å²) in [7, 11) is 0. The van der Waals surface area contributed by atoms with Crippen LogP contribution in [0.4, 0.5) is 4.39 Å². The summed E-state index contributed by atoms with van der Waals surface area (Å²) in [4.78, 5) is 5.83. The van der Waals surface area contributed by atoms with Gasteiger partial charge in [0.2, 0.25) is 0 Å². The molecular formula is C16H20ClFN2S. The molecule has 2 aromatic rings. The lowest BCUT2D eigenvalue weighted by Gasteiger charge is -2.05. The first kappa shape index (κ1) is 16.4. The van der Waals surface area contributed by atoms with Crippen LogP contribution in [0, 0.1) is 5.82 Å². The highest BCUT2D eigenvalue weighted by Gasteiger charge is 2.17. The second kappa shape index (κ2) is 7.34. The minimum absolute atomic E-state index is 0.320. The first-order chi connectivity index (χ1) is 10.0. The predicted octanol–water partition coefficient (Wildman–Crippen LogP) is 5.23. The molecule has 0 atom stereocenters. The van der Waals surface area contributed by atoms with E-state index in [1.807, 2.05) is 0 Å². The molecule has 0 aliphatic heterocycles. The Morgan fingerprint density at radius 2 is 2.14 bits per heavy atom. The van der Waals surface area contributed by atoms with E-state index in [1.54, 1.807) is 23.5 Å². The summed E-state index contributed by atoms with van der Waals surface area (Å²) in [5.41, 5.74) is 1.57. The Hall–Kier alpha value is -0.970. The summed E-state index contributed by atoms with van der Waals surface area (Å²) in [6.45, 7) is 8.12. The lowest BCUT2D eigenvalue weighted by atomic mass is 10.1. The van der Waals surface area contributed by atoms with Gasteiger partial charge in [0, 0.05) is 22.0 Å². The third-order valence-electron chi connectivity index (χ3n) is 3.15. The average molecular weight is 327 g/mol. The van der Waals surface area contributed by atoms with Gasteiger partial charge in [-0.1, -0.05) is 32.4 Å². The fourth-order valence-corrected chi connectivity index (χ4v) is 3.47. The molecule has 1 heterocycles. The summed E-state index contributed by atoms with van der Waals surface area (Å²) >= 11 is 7.36. The highest BCUT2D eigenvalue weighted by atomic mass is 35.5. The molecule has 2 nitrogen and oxygen atoms in total. The van der Waals surface area contributed by atoms with Gasteiger partial charge in [-0.15, -0.1) is 11.3 Å². The smallest absolute Gasteiger partial charge is 0.134 e. The zero-order valence-electron chi connectivity index (χ0n) is 12.5. The van der Waals surface area contributed by atoms with Crippen LogP contribution in [0.3, 0.4) is 0 Å². The number of aromatic nitrogens is 1. The number of hydrogen-bond donors (Lipinski definition) is 1. The van der Waals surface area contributed by atoms with Crippen molar-refractivity contribution in [1.82, 2.24) is 10.3 Å². The first-order valence-electron chi connectivity index (χ1n) is 7.18. The van der Waals surface area contributed by atoms with Crippen LogP contribution < -0.4 is 5.32 Å². The van der Waals surface area contributed by atoms with E-state index in [-0.39, 0.29) is 5.82 Å². The number of nitrogens with one attached hydrogen (secondary N) is 1. The van der Waals surface area contributed by atoms with Gasteiger partial charge >= 0.3 is 0 Å². The number of halogens is 2. The third kappa shape index (κ3) is 4.02. The van der Waals surface area contributed by atoms with Gasteiger partial charge in [0.25, 0.3) is 0 Å². The SMILES string of the molecule is CCCNCc1sc(-c2ccc(Cl)cc2F)nc1C(C)C. The summed E-state index contributed by atoms with van der Waals surface area (Å²) < 4.78 is 14.1. The van der Waals surface area contributed by atoms with Crippen molar-refractivity contribution in [2.24, 2.45) is 0 Å². The molecular weight excluding hydrogens is 307 g/mol. The largest absolute Gasteiger partial charge is 0.312 e. The zero-order chi connectivity index (χ0) is 15.4. The van der Waals surface area contributed by atoms with Gasteiger partial charge in [-0.25, -0.2) is 9.37 Å². The number of hydrogen-bond acceptors (Lipinski definition) is 3. The van der Waals surface area contributed by atoms with Crippen molar-refractivity contribution in [3.8, 4) is 10.6 Å². The average Bonchev–Trinajstić information content (AvgIpc) is 2.83. The van der Waals surface area contributed by atoms with Crippen LogP contribution >= 0.6 is 22.9 Å². The standard InChI is InChI=1S/C16H20ClFN2S/c1-4-7-19-9-14-15(10(2)3)20-16(21-14)12-6-5-11(17)8-13(12)18/h5-6,8,10,19H,4,7,9H2,1-3H3. The van der Waals surface area contributed by atoms with Gasteiger partial charge in [0.1, 0.15) is 10.8 Å². The van der Waals surface area contributed by atoms with E-state index in [4.69, 9.17) is 11.6 Å². The molecule has 1 aromatic carbocycles. The van der Waals surface area contributed by atoms with Crippen molar-refractivity contribution in [1.29, 1.82) is 0 Å². The van der Waals surface area contributed by atoms with Gasteiger partial charge in [0.05, 0.1) is 5.69 Å². The number of benzene rings is 1. The van der Waals surface area contributed by atoms with E-state index < -0.39 is 0 Å². The molecule has 5 heteroatoms. The van der Waals surface area contributed by atoms with Crippen LogP contribution in [0.15, 0.2) is 18.2 Å². The summed E-state index contributed by atoms with van der Waals surface area (Å²) in [6.07, 6.45) is 1.09. The summed E-state index contributed by atoms with van der Waals surface area (Å²) in [5.74, 6) is 0.00316. The van der Waals surface area contributed by atoms with E-state index in [2.05, 4.69) is 31.1 Å². The minimum atomic E-state index is -0.320. The monoisotopic (exact) mass is 326 g/mol. The third-order valence-corrected chi connectivity index (χ3v) is 4.49. The van der Waals surface area contributed by atoms with E-state index >= 15 is 0 Å². The Bertz CT molecular complexity index is 610. The van der Waals surface area contributed by atoms with E-state index in [1.165, 1.54) is 10.9 Å². The Labute approximate surface area is 134 Å². The van der Waals surface area contributed by atoms with E-state index in [0.29, 0.717) is 16.5 Å². The molecule has 0 amide bonds. The normalized spacial score (nSPS) is 11.3. The molecule has 0 bridgehead atoms. The van der Waals surface area contributed by atoms with Gasteiger partial charge in [0.15, 0.2) is 0 Å². The molecule has 1 aromatic heterocycles. The van der Waals surface area contributed by atoms with Crippen molar-refractivity contribution < 1.29 is 4.39 Å². The molecule has 0 fully saturated rings. The van der Waals surface area contributed by atoms with Crippen LogP contribution in [-0.2, 0) is 6.54 Å². The highest BCUT2D eigenvalue weighted by molar-refractivity contribution is 7.15. The zero-order valence-corrected chi connectivity index (χ0v) is 14.1. The van der Waals surface area contributed by atoms with E-state index in [0.717, 1.165) is 30.2 Å². The molecule has 2 rings (SSSR count). The maximum atomic E-state index is 14.1. The van der Waals surface area contributed by atoms with Crippen molar-refractivity contribution >= 4 is 22.9 Å². The first-order valence-corrected chi connectivity index (χ1v) is 8.38. The quantitative estimate of drug-likeness (QED) is 0.736. The summed E-state index contributed by atoms with van der Waals surface area (Å²) in [6, 6.07) is 4.73. The van der Waals surface area contributed by atoms with Gasteiger partial charge in [-0.3, -0.25) is 0 Å². The number of rotatable bonds is 6. The Kier molecular flexibility index (Phi) is 5.73. The molecule has 0 unspecified atom stereocenters. The van der Waals surface area contributed by atoms with Gasteiger partial charge in [-0.05, 0) is 37.1 Å². The molecule has 1 N–H and O–H groups in total. The number of thiazole rings is 1.